The Morgan fingerprint density at radius 3 is 2.23 bits per heavy atom. The third-order valence-electron chi connectivity index (χ3n) is 4.59. The zero-order chi connectivity index (χ0) is 16.1. The van der Waals surface area contributed by atoms with Crippen LogP contribution in [0.25, 0.3) is 0 Å². The maximum absolute atomic E-state index is 10.2. The second-order valence-corrected chi connectivity index (χ2v) is 7.66. The minimum Gasteiger partial charge on any atom is -0.508 e. The predicted octanol–water partition coefficient (Wildman–Crippen LogP) is 6.14. The van der Waals surface area contributed by atoms with Crippen molar-refractivity contribution in [3.05, 3.63) is 63.1 Å². The predicted molar refractivity (Wildman–Crippen MR) is 93.7 cm³/mol. The van der Waals surface area contributed by atoms with Crippen molar-refractivity contribution in [1.29, 1.82) is 0 Å². The van der Waals surface area contributed by atoms with Crippen LogP contribution < -0.4 is 0 Å². The van der Waals surface area contributed by atoms with Crippen molar-refractivity contribution in [2.75, 3.05) is 0 Å². The number of rotatable bonds is 3. The molecule has 0 amide bonds. The molecule has 0 bridgehead atoms. The van der Waals surface area contributed by atoms with E-state index in [-0.39, 0.29) is 17.6 Å². The topological polar surface area (TPSA) is 20.2 Å². The highest BCUT2D eigenvalue weighted by molar-refractivity contribution is 6.42. The third kappa shape index (κ3) is 2.60. The Bertz CT molecular complexity index is 707. The lowest BCUT2D eigenvalue weighted by molar-refractivity contribution is 0.467. The number of aromatic hydroxyl groups is 1. The van der Waals surface area contributed by atoms with Gasteiger partial charge in [-0.2, -0.15) is 0 Å². The van der Waals surface area contributed by atoms with Gasteiger partial charge in [-0.1, -0.05) is 54.4 Å². The van der Waals surface area contributed by atoms with Gasteiger partial charge >= 0.3 is 0 Å². The van der Waals surface area contributed by atoms with Crippen LogP contribution in [0.2, 0.25) is 10.0 Å². The van der Waals surface area contributed by atoms with Crippen LogP contribution in [0.15, 0.2) is 36.4 Å². The Morgan fingerprint density at radius 2 is 1.64 bits per heavy atom. The molecule has 0 heterocycles. The Kier molecular flexibility index (Phi) is 4.09. The van der Waals surface area contributed by atoms with E-state index in [0.717, 1.165) is 12.0 Å². The summed E-state index contributed by atoms with van der Waals surface area (Å²) in [4.78, 5) is -0.428. The summed E-state index contributed by atoms with van der Waals surface area (Å²) in [5.74, 6) is 0.332. The molecule has 1 fully saturated rings. The van der Waals surface area contributed by atoms with Crippen LogP contribution in [0.3, 0.4) is 0 Å². The van der Waals surface area contributed by atoms with Gasteiger partial charge in [-0.25, -0.2) is 0 Å². The van der Waals surface area contributed by atoms with E-state index in [1.807, 2.05) is 6.92 Å². The molecular formula is C18H17Cl3O. The molecular weight excluding hydrogens is 339 g/mol. The standard InChI is InChI=1S/C18H17Cl3O/c1-3-10-4-6-11(7-5-10)16-17(18(16,2)21)12-8-13(19)14(20)9-15(12)22/h4-9,16-17,22H,3H2,1-2H3. The van der Waals surface area contributed by atoms with Crippen molar-refractivity contribution in [3.63, 3.8) is 0 Å². The van der Waals surface area contributed by atoms with E-state index in [4.69, 9.17) is 34.8 Å². The zero-order valence-corrected chi connectivity index (χ0v) is 14.7. The average Bonchev–Trinajstić information content (AvgIpc) is 3.05. The lowest BCUT2D eigenvalue weighted by atomic mass is 10.0. The lowest BCUT2D eigenvalue weighted by Gasteiger charge is -2.07. The highest BCUT2D eigenvalue weighted by Crippen LogP contribution is 2.68. The summed E-state index contributed by atoms with van der Waals surface area (Å²) in [6.45, 7) is 4.13. The van der Waals surface area contributed by atoms with Gasteiger partial charge in [-0.3, -0.25) is 0 Å². The van der Waals surface area contributed by atoms with E-state index in [0.29, 0.717) is 10.0 Å². The van der Waals surface area contributed by atoms with Gasteiger partial charge in [-0.05, 0) is 30.5 Å². The van der Waals surface area contributed by atoms with Gasteiger partial charge < -0.3 is 5.11 Å². The van der Waals surface area contributed by atoms with Crippen LogP contribution in [-0.4, -0.2) is 9.98 Å². The van der Waals surface area contributed by atoms with E-state index < -0.39 is 4.87 Å². The smallest absolute Gasteiger partial charge is 0.120 e. The van der Waals surface area contributed by atoms with E-state index in [1.54, 1.807) is 6.07 Å². The quantitative estimate of drug-likeness (QED) is 0.656. The molecule has 0 spiro atoms. The van der Waals surface area contributed by atoms with Gasteiger partial charge in [0.1, 0.15) is 5.75 Å². The molecule has 116 valence electrons. The van der Waals surface area contributed by atoms with Crippen LogP contribution in [0.5, 0.6) is 5.75 Å². The summed E-state index contributed by atoms with van der Waals surface area (Å²) in [5.41, 5.74) is 3.25. The summed E-state index contributed by atoms with van der Waals surface area (Å²) in [6.07, 6.45) is 1.01. The van der Waals surface area contributed by atoms with Gasteiger partial charge in [-0.15, -0.1) is 11.6 Å². The lowest BCUT2D eigenvalue weighted by Crippen LogP contribution is -1.95. The Balaban J connectivity index is 1.97. The van der Waals surface area contributed by atoms with E-state index >= 15 is 0 Å². The van der Waals surface area contributed by atoms with Gasteiger partial charge in [0.05, 0.1) is 14.9 Å². The second kappa shape index (κ2) is 5.63. The molecule has 3 atom stereocenters. The summed E-state index contributed by atoms with van der Waals surface area (Å²) in [6, 6.07) is 11.7. The molecule has 1 aliphatic carbocycles. The minimum atomic E-state index is -0.428. The van der Waals surface area contributed by atoms with Crippen LogP contribution in [-0.2, 0) is 6.42 Å². The van der Waals surface area contributed by atoms with Crippen molar-refractivity contribution in [1.82, 2.24) is 0 Å². The highest BCUT2D eigenvalue weighted by atomic mass is 35.5. The van der Waals surface area contributed by atoms with Crippen LogP contribution in [0.1, 0.15) is 42.4 Å². The molecule has 0 saturated heterocycles. The van der Waals surface area contributed by atoms with Gasteiger partial charge in [0, 0.05) is 23.5 Å². The van der Waals surface area contributed by atoms with E-state index in [2.05, 4.69) is 31.2 Å². The SMILES string of the molecule is CCc1ccc(C2C(c3cc(Cl)c(Cl)cc3O)C2(C)Cl)cc1. The van der Waals surface area contributed by atoms with Gasteiger partial charge in [0.2, 0.25) is 0 Å². The van der Waals surface area contributed by atoms with E-state index in [1.165, 1.54) is 17.2 Å². The average molecular weight is 356 g/mol. The Morgan fingerprint density at radius 1 is 1.05 bits per heavy atom. The molecule has 1 N–H and O–H groups in total. The van der Waals surface area contributed by atoms with Gasteiger partial charge in [0.15, 0.2) is 0 Å². The molecule has 0 aliphatic heterocycles. The molecule has 1 saturated carbocycles. The molecule has 0 radical (unpaired) electrons. The molecule has 22 heavy (non-hydrogen) atoms. The zero-order valence-electron chi connectivity index (χ0n) is 12.4. The highest BCUT2D eigenvalue weighted by Gasteiger charge is 2.62. The summed E-state index contributed by atoms with van der Waals surface area (Å²) >= 11 is 18.7. The molecule has 4 heteroatoms. The number of phenolic OH excluding ortho intramolecular Hbond substituents is 1. The summed E-state index contributed by atoms with van der Waals surface area (Å²) in [7, 11) is 0. The fourth-order valence-corrected chi connectivity index (χ4v) is 4.01. The maximum Gasteiger partial charge on any atom is 0.120 e. The second-order valence-electron chi connectivity index (χ2n) is 6.03. The first kappa shape index (κ1) is 16.0. The number of alkyl halides is 1. The fourth-order valence-electron chi connectivity index (χ4n) is 3.25. The first-order valence-corrected chi connectivity index (χ1v) is 8.45. The maximum atomic E-state index is 10.2. The van der Waals surface area contributed by atoms with Crippen LogP contribution in [0.4, 0.5) is 0 Å². The summed E-state index contributed by atoms with van der Waals surface area (Å²) in [5, 5.41) is 11.0. The molecule has 3 unspecified atom stereocenters. The largest absolute Gasteiger partial charge is 0.508 e. The van der Waals surface area contributed by atoms with Crippen LogP contribution in [0, 0.1) is 0 Å². The number of benzene rings is 2. The van der Waals surface area contributed by atoms with Crippen molar-refractivity contribution in [3.8, 4) is 5.75 Å². The number of halogens is 3. The van der Waals surface area contributed by atoms with Crippen molar-refractivity contribution >= 4 is 34.8 Å². The van der Waals surface area contributed by atoms with Gasteiger partial charge in [0.25, 0.3) is 0 Å². The molecule has 2 aromatic carbocycles. The summed E-state index contributed by atoms with van der Waals surface area (Å²) < 4.78 is 0. The van der Waals surface area contributed by atoms with E-state index in [9.17, 15) is 5.11 Å². The van der Waals surface area contributed by atoms with Crippen LogP contribution >= 0.6 is 34.8 Å². The Hall–Kier alpha value is -0.890. The monoisotopic (exact) mass is 354 g/mol. The molecule has 1 nitrogen and oxygen atoms in total. The minimum absolute atomic E-state index is 0.0245. The first-order valence-electron chi connectivity index (χ1n) is 7.32. The third-order valence-corrected chi connectivity index (χ3v) is 5.78. The molecule has 0 aromatic heterocycles. The molecule has 1 aliphatic rings. The Labute approximate surface area is 145 Å². The van der Waals surface area contributed by atoms with Crippen molar-refractivity contribution in [2.45, 2.75) is 37.0 Å². The number of hydrogen-bond acceptors (Lipinski definition) is 1. The normalized spacial score (nSPS) is 27.0. The number of aryl methyl sites for hydroxylation is 1. The molecule has 3 rings (SSSR count). The molecule has 2 aromatic rings. The first-order chi connectivity index (χ1) is 10.4. The van der Waals surface area contributed by atoms with Crippen molar-refractivity contribution in [2.24, 2.45) is 0 Å². The number of phenols is 1. The fraction of sp³-hybridized carbons (Fsp3) is 0.333. The van der Waals surface area contributed by atoms with Crippen molar-refractivity contribution < 1.29 is 5.11 Å². The number of hydrogen-bond donors (Lipinski definition) is 1.